The quantitative estimate of drug-likeness (QED) is 0.848. The average molecular weight is 269 g/mol. The van der Waals surface area contributed by atoms with Crippen LogP contribution in [0.4, 0.5) is 0 Å². The van der Waals surface area contributed by atoms with Gasteiger partial charge in [-0.3, -0.25) is 9.59 Å². The molecule has 0 aromatic heterocycles. The molecule has 0 aliphatic heterocycles. The predicted molar refractivity (Wildman–Crippen MR) is 76.0 cm³/mol. The number of rotatable bonds is 5. The lowest BCUT2D eigenvalue weighted by atomic mass is 10.1. The number of benzene rings is 2. The number of carbonyl (C=O) groups excluding carboxylic acids is 2. The Morgan fingerprint density at radius 1 is 1.20 bits per heavy atom. The van der Waals surface area contributed by atoms with Crippen molar-refractivity contribution in [2.45, 2.75) is 6.61 Å². The minimum absolute atomic E-state index is 0.123. The normalized spacial score (nSPS) is 9.85. The molecule has 0 unspecified atom stereocenters. The molecule has 4 heteroatoms. The molecule has 0 atom stereocenters. The number of nitrogens with one attached hydrogen (secondary N) is 1. The molecular weight excluding hydrogens is 254 g/mol. The Balaban J connectivity index is 2.02. The molecule has 0 radical (unpaired) electrons. The van der Waals surface area contributed by atoms with E-state index in [2.05, 4.69) is 5.32 Å². The molecule has 4 nitrogen and oxygen atoms in total. The summed E-state index contributed by atoms with van der Waals surface area (Å²) < 4.78 is 5.61. The average Bonchev–Trinajstić information content (AvgIpc) is 2.53. The van der Waals surface area contributed by atoms with Gasteiger partial charge in [-0.15, -0.1) is 0 Å². The smallest absolute Gasteiger partial charge is 0.251 e. The van der Waals surface area contributed by atoms with Crippen LogP contribution in [0, 0.1) is 0 Å². The third-order valence-corrected chi connectivity index (χ3v) is 2.84. The topological polar surface area (TPSA) is 55.4 Å². The van der Waals surface area contributed by atoms with Crippen molar-refractivity contribution < 1.29 is 14.3 Å². The second-order valence-corrected chi connectivity index (χ2v) is 4.26. The highest BCUT2D eigenvalue weighted by Crippen LogP contribution is 2.14. The van der Waals surface area contributed by atoms with E-state index in [1.807, 2.05) is 12.1 Å². The summed E-state index contributed by atoms with van der Waals surface area (Å²) in [6.45, 7) is 0.366. The fraction of sp³-hybridized carbons (Fsp3) is 0.125. The van der Waals surface area contributed by atoms with E-state index in [-0.39, 0.29) is 5.91 Å². The number of hydrogen-bond acceptors (Lipinski definition) is 3. The van der Waals surface area contributed by atoms with Crippen LogP contribution in [0.1, 0.15) is 26.3 Å². The number of carbonyl (C=O) groups is 2. The molecular formula is C16H15NO3. The first-order valence-electron chi connectivity index (χ1n) is 6.22. The number of aldehydes is 1. The van der Waals surface area contributed by atoms with E-state index in [1.54, 1.807) is 43.4 Å². The van der Waals surface area contributed by atoms with E-state index in [0.717, 1.165) is 11.8 Å². The Morgan fingerprint density at radius 3 is 2.60 bits per heavy atom. The van der Waals surface area contributed by atoms with Gasteiger partial charge in [0.15, 0.2) is 0 Å². The van der Waals surface area contributed by atoms with Gasteiger partial charge in [-0.1, -0.05) is 12.1 Å². The van der Waals surface area contributed by atoms with Crippen molar-refractivity contribution in [3.8, 4) is 5.75 Å². The minimum Gasteiger partial charge on any atom is -0.489 e. The van der Waals surface area contributed by atoms with Crippen molar-refractivity contribution in [3.05, 3.63) is 65.2 Å². The van der Waals surface area contributed by atoms with Gasteiger partial charge in [0, 0.05) is 18.2 Å². The monoisotopic (exact) mass is 269 g/mol. The van der Waals surface area contributed by atoms with E-state index < -0.39 is 0 Å². The number of ether oxygens (including phenoxy) is 1. The highest BCUT2D eigenvalue weighted by Gasteiger charge is 2.04. The van der Waals surface area contributed by atoms with Crippen LogP contribution in [0.5, 0.6) is 5.75 Å². The summed E-state index contributed by atoms with van der Waals surface area (Å²) in [7, 11) is 1.60. The molecule has 1 amide bonds. The van der Waals surface area contributed by atoms with Gasteiger partial charge in [0.25, 0.3) is 5.91 Å². The second-order valence-electron chi connectivity index (χ2n) is 4.26. The van der Waals surface area contributed by atoms with Gasteiger partial charge >= 0.3 is 0 Å². The molecule has 0 fully saturated rings. The summed E-state index contributed by atoms with van der Waals surface area (Å²) in [4.78, 5) is 22.1. The molecule has 1 N–H and O–H groups in total. The Labute approximate surface area is 117 Å². The molecule has 102 valence electrons. The molecule has 0 aliphatic carbocycles. The molecule has 0 saturated carbocycles. The van der Waals surface area contributed by atoms with E-state index in [0.29, 0.717) is 23.5 Å². The van der Waals surface area contributed by atoms with Crippen molar-refractivity contribution in [1.29, 1.82) is 0 Å². The number of hydrogen-bond donors (Lipinski definition) is 1. The summed E-state index contributed by atoms with van der Waals surface area (Å²) in [6.07, 6.45) is 0.788. The maximum absolute atomic E-state index is 11.5. The van der Waals surface area contributed by atoms with E-state index in [4.69, 9.17) is 4.74 Å². The van der Waals surface area contributed by atoms with Gasteiger partial charge in [0.05, 0.1) is 0 Å². The lowest BCUT2D eigenvalue weighted by molar-refractivity contribution is 0.0962. The summed E-state index contributed by atoms with van der Waals surface area (Å²) in [5.74, 6) is 0.558. The molecule has 2 rings (SSSR count). The van der Waals surface area contributed by atoms with Crippen molar-refractivity contribution in [3.63, 3.8) is 0 Å². The maximum atomic E-state index is 11.5. The Hall–Kier alpha value is -2.62. The third kappa shape index (κ3) is 3.45. The third-order valence-electron chi connectivity index (χ3n) is 2.84. The number of amides is 1. The van der Waals surface area contributed by atoms with E-state index in [1.165, 1.54) is 0 Å². The van der Waals surface area contributed by atoms with Crippen LogP contribution in [0.3, 0.4) is 0 Å². The van der Waals surface area contributed by atoms with Gasteiger partial charge in [-0.25, -0.2) is 0 Å². The molecule has 0 heterocycles. The van der Waals surface area contributed by atoms with Crippen LogP contribution in [-0.2, 0) is 6.61 Å². The summed E-state index contributed by atoms with van der Waals surface area (Å²) in [5, 5.41) is 2.58. The van der Waals surface area contributed by atoms with Gasteiger partial charge in [0.2, 0.25) is 0 Å². The first kappa shape index (κ1) is 13.8. The first-order chi connectivity index (χ1) is 9.72. The zero-order valence-corrected chi connectivity index (χ0v) is 11.1. The SMILES string of the molecule is CNC(=O)c1cccc(COc2ccc(C=O)cc2)c1. The fourth-order valence-electron chi connectivity index (χ4n) is 1.76. The van der Waals surface area contributed by atoms with Crippen LogP contribution >= 0.6 is 0 Å². The lowest BCUT2D eigenvalue weighted by Gasteiger charge is -2.07. The second kappa shape index (κ2) is 6.52. The van der Waals surface area contributed by atoms with Gasteiger partial charge < -0.3 is 10.1 Å². The van der Waals surface area contributed by atoms with Crippen LogP contribution in [0.25, 0.3) is 0 Å². The fourth-order valence-corrected chi connectivity index (χ4v) is 1.76. The van der Waals surface area contributed by atoms with Crippen LogP contribution in [-0.4, -0.2) is 19.2 Å². The zero-order valence-electron chi connectivity index (χ0n) is 11.1. The standard InChI is InChI=1S/C16H15NO3/c1-17-16(19)14-4-2-3-13(9-14)11-20-15-7-5-12(10-18)6-8-15/h2-10H,11H2,1H3,(H,17,19). The first-order valence-corrected chi connectivity index (χ1v) is 6.22. The predicted octanol–water partition coefficient (Wildman–Crippen LogP) is 2.44. The summed E-state index contributed by atoms with van der Waals surface area (Å²) >= 11 is 0. The Bertz CT molecular complexity index is 605. The van der Waals surface area contributed by atoms with E-state index in [9.17, 15) is 9.59 Å². The van der Waals surface area contributed by atoms with Crippen molar-refractivity contribution >= 4 is 12.2 Å². The Kier molecular flexibility index (Phi) is 4.50. The van der Waals surface area contributed by atoms with E-state index >= 15 is 0 Å². The Morgan fingerprint density at radius 2 is 1.95 bits per heavy atom. The van der Waals surface area contributed by atoms with Gasteiger partial charge in [-0.05, 0) is 42.0 Å². The minimum atomic E-state index is -0.123. The highest BCUT2D eigenvalue weighted by molar-refractivity contribution is 5.94. The molecule has 0 saturated heterocycles. The van der Waals surface area contributed by atoms with Crippen LogP contribution < -0.4 is 10.1 Å². The van der Waals surface area contributed by atoms with Crippen molar-refractivity contribution in [2.24, 2.45) is 0 Å². The molecule has 0 spiro atoms. The maximum Gasteiger partial charge on any atom is 0.251 e. The highest BCUT2D eigenvalue weighted by atomic mass is 16.5. The molecule has 0 aliphatic rings. The van der Waals surface area contributed by atoms with Gasteiger partial charge in [-0.2, -0.15) is 0 Å². The van der Waals surface area contributed by atoms with Crippen LogP contribution in [0.15, 0.2) is 48.5 Å². The summed E-state index contributed by atoms with van der Waals surface area (Å²) in [6, 6.07) is 14.1. The van der Waals surface area contributed by atoms with Gasteiger partial charge in [0.1, 0.15) is 18.6 Å². The molecule has 0 bridgehead atoms. The largest absolute Gasteiger partial charge is 0.489 e. The molecule has 20 heavy (non-hydrogen) atoms. The van der Waals surface area contributed by atoms with Crippen LogP contribution in [0.2, 0.25) is 0 Å². The summed E-state index contributed by atoms with van der Waals surface area (Å²) in [5.41, 5.74) is 2.12. The lowest BCUT2D eigenvalue weighted by Crippen LogP contribution is -2.17. The molecule has 2 aromatic rings. The molecule has 2 aromatic carbocycles. The van der Waals surface area contributed by atoms with Crippen molar-refractivity contribution in [2.75, 3.05) is 7.05 Å². The van der Waals surface area contributed by atoms with Crippen molar-refractivity contribution in [1.82, 2.24) is 5.32 Å². The zero-order chi connectivity index (χ0) is 14.4.